The van der Waals surface area contributed by atoms with Gasteiger partial charge in [0, 0.05) is 22.7 Å². The van der Waals surface area contributed by atoms with E-state index < -0.39 is 0 Å². The van der Waals surface area contributed by atoms with Gasteiger partial charge in [-0.25, -0.2) is 4.98 Å². The maximum absolute atomic E-state index is 4.11. The van der Waals surface area contributed by atoms with Crippen molar-refractivity contribution in [2.75, 3.05) is 5.32 Å². The Morgan fingerprint density at radius 1 is 1.42 bits per heavy atom. The number of nitrogens with zero attached hydrogens (tertiary/aromatic N) is 2. The predicted octanol–water partition coefficient (Wildman–Crippen LogP) is 2.21. The molecule has 0 saturated heterocycles. The Morgan fingerprint density at radius 3 is 3.08 bits per heavy atom. The lowest BCUT2D eigenvalue weighted by Gasteiger charge is -1.97. The van der Waals surface area contributed by atoms with Crippen molar-refractivity contribution < 1.29 is 0 Å². The summed E-state index contributed by atoms with van der Waals surface area (Å²) in [6.45, 7) is 0.818. The normalized spacial score (nSPS) is 10.0. The summed E-state index contributed by atoms with van der Waals surface area (Å²) in [7, 11) is 0. The summed E-state index contributed by atoms with van der Waals surface area (Å²) in [4.78, 5) is 9.32. The number of aromatic nitrogens is 2. The summed E-state index contributed by atoms with van der Waals surface area (Å²) in [5, 5.41) is 6.12. The summed E-state index contributed by atoms with van der Waals surface area (Å²) >= 11 is 3.25. The fraction of sp³-hybridized carbons (Fsp3) is 0.143. The average Bonchev–Trinajstić information content (AvgIpc) is 2.74. The van der Waals surface area contributed by atoms with E-state index in [1.165, 1.54) is 4.88 Å². The smallest absolute Gasteiger partial charge is 0.182 e. The van der Waals surface area contributed by atoms with Crippen LogP contribution in [0, 0.1) is 0 Å². The zero-order chi connectivity index (χ0) is 8.23. The Bertz CT molecular complexity index is 280. The molecule has 0 aliphatic rings. The van der Waals surface area contributed by atoms with Crippen LogP contribution in [0.4, 0.5) is 5.13 Å². The zero-order valence-corrected chi connectivity index (χ0v) is 7.86. The molecule has 5 heteroatoms. The Morgan fingerprint density at radius 2 is 2.42 bits per heavy atom. The van der Waals surface area contributed by atoms with E-state index >= 15 is 0 Å². The van der Waals surface area contributed by atoms with E-state index in [1.807, 2.05) is 17.1 Å². The molecule has 1 N–H and O–H groups in total. The van der Waals surface area contributed by atoms with Gasteiger partial charge >= 0.3 is 0 Å². The minimum atomic E-state index is 0.818. The molecule has 0 bridgehead atoms. The van der Waals surface area contributed by atoms with Gasteiger partial charge in [0.15, 0.2) is 5.13 Å². The second-order valence-electron chi connectivity index (χ2n) is 2.16. The van der Waals surface area contributed by atoms with Gasteiger partial charge in [0.25, 0.3) is 0 Å². The Hall–Kier alpha value is -0.940. The highest BCUT2D eigenvalue weighted by Gasteiger charge is 1.95. The van der Waals surface area contributed by atoms with Crippen LogP contribution >= 0.6 is 22.7 Å². The highest BCUT2D eigenvalue weighted by atomic mass is 32.1. The number of hydrogen-bond donors (Lipinski definition) is 1. The van der Waals surface area contributed by atoms with E-state index in [0.29, 0.717) is 0 Å². The molecule has 0 aliphatic carbocycles. The van der Waals surface area contributed by atoms with Crippen molar-refractivity contribution in [3.05, 3.63) is 28.2 Å². The predicted molar refractivity (Wildman–Crippen MR) is 51.6 cm³/mol. The van der Waals surface area contributed by atoms with E-state index in [0.717, 1.165) is 11.7 Å². The first-order chi connectivity index (χ1) is 5.95. The van der Waals surface area contributed by atoms with Gasteiger partial charge < -0.3 is 5.32 Å². The van der Waals surface area contributed by atoms with Gasteiger partial charge in [-0.15, -0.1) is 22.7 Å². The third kappa shape index (κ3) is 1.80. The van der Waals surface area contributed by atoms with Gasteiger partial charge in [-0.1, -0.05) is 0 Å². The van der Waals surface area contributed by atoms with Crippen molar-refractivity contribution in [3.8, 4) is 0 Å². The van der Waals surface area contributed by atoms with Crippen LogP contribution in [0.15, 0.2) is 23.3 Å². The summed E-state index contributed by atoms with van der Waals surface area (Å²) in [5.41, 5.74) is 1.83. The van der Waals surface area contributed by atoms with Crippen LogP contribution in [-0.4, -0.2) is 9.97 Å². The maximum Gasteiger partial charge on any atom is 0.182 e. The molecule has 0 spiro atoms. The van der Waals surface area contributed by atoms with E-state index in [9.17, 15) is 0 Å². The summed E-state index contributed by atoms with van der Waals surface area (Å²) in [6, 6.07) is 0. The molecular formula is C7H7N3S2. The Labute approximate surface area is 78.1 Å². The van der Waals surface area contributed by atoms with E-state index in [2.05, 4.69) is 15.3 Å². The number of thiazole rings is 2. The minimum Gasteiger partial charge on any atom is -0.357 e. The number of hydrogen-bond acceptors (Lipinski definition) is 5. The summed E-state index contributed by atoms with van der Waals surface area (Å²) in [6.07, 6.45) is 3.66. The lowest BCUT2D eigenvalue weighted by Crippen LogP contribution is -1.95. The maximum atomic E-state index is 4.11. The van der Waals surface area contributed by atoms with Crippen molar-refractivity contribution in [1.29, 1.82) is 0 Å². The molecule has 2 aromatic heterocycles. The largest absolute Gasteiger partial charge is 0.357 e. The molecule has 0 aliphatic heterocycles. The second kappa shape index (κ2) is 3.64. The number of nitrogens with one attached hydrogen (secondary N) is 1. The van der Waals surface area contributed by atoms with Crippen LogP contribution in [0.5, 0.6) is 0 Å². The first kappa shape index (κ1) is 7.70. The van der Waals surface area contributed by atoms with Crippen molar-refractivity contribution in [2.24, 2.45) is 0 Å². The SMILES string of the molecule is c1csc(NCc2cncs2)n1. The quantitative estimate of drug-likeness (QED) is 0.819. The summed E-state index contributed by atoms with van der Waals surface area (Å²) in [5.74, 6) is 0. The van der Waals surface area contributed by atoms with E-state index in [4.69, 9.17) is 0 Å². The van der Waals surface area contributed by atoms with Crippen LogP contribution < -0.4 is 5.32 Å². The van der Waals surface area contributed by atoms with E-state index in [1.54, 1.807) is 28.9 Å². The third-order valence-corrected chi connectivity index (χ3v) is 2.84. The lowest BCUT2D eigenvalue weighted by molar-refractivity contribution is 1.16. The first-order valence-electron chi connectivity index (χ1n) is 3.46. The van der Waals surface area contributed by atoms with Gasteiger partial charge in [-0.3, -0.25) is 4.98 Å². The molecule has 0 amide bonds. The van der Waals surface area contributed by atoms with Crippen molar-refractivity contribution in [3.63, 3.8) is 0 Å². The Kier molecular flexibility index (Phi) is 2.33. The van der Waals surface area contributed by atoms with Crippen LogP contribution in [0.25, 0.3) is 0 Å². The van der Waals surface area contributed by atoms with Gasteiger partial charge in [0.2, 0.25) is 0 Å². The first-order valence-corrected chi connectivity index (χ1v) is 5.22. The Balaban J connectivity index is 1.91. The van der Waals surface area contributed by atoms with E-state index in [-0.39, 0.29) is 0 Å². The van der Waals surface area contributed by atoms with Gasteiger partial charge in [-0.2, -0.15) is 0 Å². The molecule has 0 saturated carbocycles. The molecule has 2 rings (SSSR count). The van der Waals surface area contributed by atoms with Crippen molar-refractivity contribution in [1.82, 2.24) is 9.97 Å². The zero-order valence-electron chi connectivity index (χ0n) is 6.23. The van der Waals surface area contributed by atoms with Gasteiger partial charge in [0.1, 0.15) is 0 Å². The molecule has 0 aromatic carbocycles. The molecule has 62 valence electrons. The number of anilines is 1. The molecular weight excluding hydrogens is 190 g/mol. The highest BCUT2D eigenvalue weighted by molar-refractivity contribution is 7.13. The number of rotatable bonds is 3. The average molecular weight is 197 g/mol. The standard InChI is InChI=1S/C7H7N3S2/c1-2-11-7(9-1)10-4-6-3-8-5-12-6/h1-3,5H,4H2,(H,9,10). The van der Waals surface area contributed by atoms with Crippen LogP contribution in [-0.2, 0) is 6.54 Å². The molecule has 0 unspecified atom stereocenters. The van der Waals surface area contributed by atoms with Gasteiger partial charge in [0.05, 0.1) is 12.1 Å². The molecule has 0 atom stereocenters. The molecule has 0 radical (unpaired) electrons. The second-order valence-corrected chi connectivity index (χ2v) is 4.02. The highest BCUT2D eigenvalue weighted by Crippen LogP contribution is 2.13. The molecule has 12 heavy (non-hydrogen) atoms. The topological polar surface area (TPSA) is 37.8 Å². The van der Waals surface area contributed by atoms with Crippen LogP contribution in [0.2, 0.25) is 0 Å². The van der Waals surface area contributed by atoms with Crippen molar-refractivity contribution in [2.45, 2.75) is 6.54 Å². The lowest BCUT2D eigenvalue weighted by atomic mass is 10.5. The molecule has 3 nitrogen and oxygen atoms in total. The van der Waals surface area contributed by atoms with Crippen LogP contribution in [0.3, 0.4) is 0 Å². The fourth-order valence-electron chi connectivity index (χ4n) is 0.803. The monoisotopic (exact) mass is 197 g/mol. The fourth-order valence-corrected chi connectivity index (χ4v) is 1.87. The minimum absolute atomic E-state index is 0.818. The third-order valence-electron chi connectivity index (χ3n) is 1.33. The molecule has 2 heterocycles. The van der Waals surface area contributed by atoms with Crippen LogP contribution in [0.1, 0.15) is 4.88 Å². The van der Waals surface area contributed by atoms with Crippen molar-refractivity contribution >= 4 is 27.8 Å². The summed E-state index contributed by atoms with van der Waals surface area (Å²) < 4.78 is 0. The molecule has 2 aromatic rings. The molecule has 0 fully saturated rings. The van der Waals surface area contributed by atoms with Gasteiger partial charge in [-0.05, 0) is 0 Å².